The molecule has 2 nitrogen and oxygen atoms in total. The highest BCUT2D eigenvalue weighted by atomic mass is 19.3. The van der Waals surface area contributed by atoms with Crippen molar-refractivity contribution in [1.82, 2.24) is 5.32 Å². The summed E-state index contributed by atoms with van der Waals surface area (Å²) in [6.07, 6.45) is -0.561. The predicted molar refractivity (Wildman–Crippen MR) is 70.5 cm³/mol. The summed E-state index contributed by atoms with van der Waals surface area (Å²) in [6, 6.07) is 4.86. The zero-order valence-corrected chi connectivity index (χ0v) is 10.9. The Balaban J connectivity index is 2.21. The third-order valence-corrected chi connectivity index (χ3v) is 3.46. The van der Waals surface area contributed by atoms with E-state index in [4.69, 9.17) is 0 Å². The van der Waals surface area contributed by atoms with Crippen molar-refractivity contribution in [1.29, 1.82) is 0 Å². The standard InChI is InChI=1S/C14H20F2N2/c1-3-7-17-13(14(15)16)11-4-5-12-10(9-11)6-8-18(12)2/h4-5,9,13-14,17H,3,6-8H2,1-2H3. The van der Waals surface area contributed by atoms with Gasteiger partial charge in [0, 0.05) is 19.3 Å². The fourth-order valence-electron chi connectivity index (χ4n) is 2.43. The lowest BCUT2D eigenvalue weighted by molar-refractivity contribution is 0.0985. The van der Waals surface area contributed by atoms with Gasteiger partial charge in [0.1, 0.15) is 0 Å². The number of anilines is 1. The Morgan fingerprint density at radius 2 is 2.17 bits per heavy atom. The zero-order chi connectivity index (χ0) is 13.1. The highest BCUT2D eigenvalue weighted by Crippen LogP contribution is 2.31. The van der Waals surface area contributed by atoms with Gasteiger partial charge in [0.05, 0.1) is 6.04 Å². The van der Waals surface area contributed by atoms with E-state index >= 15 is 0 Å². The fraction of sp³-hybridized carbons (Fsp3) is 0.571. The molecule has 1 aliphatic heterocycles. The summed E-state index contributed by atoms with van der Waals surface area (Å²) in [5.41, 5.74) is 3.05. The Morgan fingerprint density at radius 1 is 1.39 bits per heavy atom. The van der Waals surface area contributed by atoms with Crippen molar-refractivity contribution in [2.75, 3.05) is 25.0 Å². The largest absolute Gasteiger partial charge is 0.374 e. The topological polar surface area (TPSA) is 15.3 Å². The SMILES string of the molecule is CCCNC(c1ccc2c(c1)CCN2C)C(F)F. The van der Waals surface area contributed by atoms with E-state index in [1.54, 1.807) is 0 Å². The van der Waals surface area contributed by atoms with Crippen LogP contribution in [0.1, 0.15) is 30.5 Å². The van der Waals surface area contributed by atoms with Crippen molar-refractivity contribution in [3.8, 4) is 0 Å². The van der Waals surface area contributed by atoms with Gasteiger partial charge in [0.25, 0.3) is 6.43 Å². The molecule has 1 unspecified atom stereocenters. The Kier molecular flexibility index (Phi) is 4.17. The Labute approximate surface area is 107 Å². The molecule has 1 aromatic carbocycles. The molecule has 0 saturated heterocycles. The van der Waals surface area contributed by atoms with E-state index in [0.29, 0.717) is 12.1 Å². The molecule has 0 bridgehead atoms. The number of nitrogens with one attached hydrogen (secondary N) is 1. The van der Waals surface area contributed by atoms with E-state index in [9.17, 15) is 8.78 Å². The van der Waals surface area contributed by atoms with Crippen molar-refractivity contribution >= 4 is 5.69 Å². The van der Waals surface area contributed by atoms with E-state index in [-0.39, 0.29) is 0 Å². The van der Waals surface area contributed by atoms with Gasteiger partial charge in [-0.2, -0.15) is 0 Å². The summed E-state index contributed by atoms with van der Waals surface area (Å²) in [5.74, 6) is 0. The minimum atomic E-state index is -2.37. The first-order valence-corrected chi connectivity index (χ1v) is 6.49. The fourth-order valence-corrected chi connectivity index (χ4v) is 2.43. The van der Waals surface area contributed by atoms with Crippen LogP contribution in [0.25, 0.3) is 0 Å². The Hall–Kier alpha value is -1.16. The van der Waals surface area contributed by atoms with Gasteiger partial charge in [-0.3, -0.25) is 0 Å². The first kappa shape index (κ1) is 13.3. The van der Waals surface area contributed by atoms with Crippen LogP contribution in [-0.4, -0.2) is 26.6 Å². The quantitative estimate of drug-likeness (QED) is 0.869. The minimum absolute atomic E-state index is 0.617. The van der Waals surface area contributed by atoms with E-state index < -0.39 is 12.5 Å². The summed E-state index contributed by atoms with van der Waals surface area (Å²) in [5, 5.41) is 2.92. The summed E-state index contributed by atoms with van der Waals surface area (Å²) in [7, 11) is 2.03. The number of hydrogen-bond donors (Lipinski definition) is 1. The van der Waals surface area contributed by atoms with Gasteiger partial charge in [0.2, 0.25) is 0 Å². The molecular formula is C14H20F2N2. The normalized spacial score (nSPS) is 16.2. The Bertz CT molecular complexity index is 407. The first-order chi connectivity index (χ1) is 8.63. The van der Waals surface area contributed by atoms with E-state index in [2.05, 4.69) is 10.2 Å². The number of fused-ring (bicyclic) bond motifs is 1. The van der Waals surface area contributed by atoms with Crippen LogP contribution in [0.2, 0.25) is 0 Å². The molecule has 0 aliphatic carbocycles. The van der Waals surface area contributed by atoms with E-state index in [1.807, 2.05) is 32.2 Å². The molecular weight excluding hydrogens is 234 g/mol. The van der Waals surface area contributed by atoms with Crippen LogP contribution in [0.5, 0.6) is 0 Å². The molecule has 0 saturated carbocycles. The van der Waals surface area contributed by atoms with Crippen LogP contribution in [0.3, 0.4) is 0 Å². The second-order valence-electron chi connectivity index (χ2n) is 4.83. The molecule has 1 aliphatic rings. The van der Waals surface area contributed by atoms with Crippen molar-refractivity contribution < 1.29 is 8.78 Å². The second kappa shape index (κ2) is 5.65. The number of likely N-dealkylation sites (N-methyl/N-ethyl adjacent to an activating group) is 1. The molecule has 4 heteroatoms. The number of hydrogen-bond acceptors (Lipinski definition) is 2. The average Bonchev–Trinajstić information content (AvgIpc) is 2.71. The zero-order valence-electron chi connectivity index (χ0n) is 10.9. The molecule has 0 aromatic heterocycles. The van der Waals surface area contributed by atoms with Crippen molar-refractivity contribution in [2.24, 2.45) is 0 Å². The summed E-state index contributed by atoms with van der Waals surface area (Å²) in [4.78, 5) is 2.16. The molecule has 100 valence electrons. The molecule has 0 fully saturated rings. The Morgan fingerprint density at radius 3 is 2.83 bits per heavy atom. The van der Waals surface area contributed by atoms with Crippen molar-refractivity contribution in [2.45, 2.75) is 32.2 Å². The molecule has 0 spiro atoms. The van der Waals surface area contributed by atoms with Gasteiger partial charge in [-0.25, -0.2) is 8.78 Å². The van der Waals surface area contributed by atoms with Crippen LogP contribution < -0.4 is 10.2 Å². The molecule has 0 amide bonds. The van der Waals surface area contributed by atoms with Crippen LogP contribution in [0.4, 0.5) is 14.5 Å². The lowest BCUT2D eigenvalue weighted by Gasteiger charge is -2.19. The number of rotatable bonds is 5. The number of halogens is 2. The molecule has 0 radical (unpaired) electrons. The smallest absolute Gasteiger partial charge is 0.257 e. The van der Waals surface area contributed by atoms with Crippen molar-refractivity contribution in [3.63, 3.8) is 0 Å². The third kappa shape index (κ3) is 2.64. The highest BCUT2D eigenvalue weighted by molar-refractivity contribution is 5.58. The monoisotopic (exact) mass is 254 g/mol. The van der Waals surface area contributed by atoms with Gasteiger partial charge < -0.3 is 10.2 Å². The highest BCUT2D eigenvalue weighted by Gasteiger charge is 2.24. The summed E-state index contributed by atoms with van der Waals surface area (Å²) < 4.78 is 26.1. The first-order valence-electron chi connectivity index (χ1n) is 6.49. The maximum atomic E-state index is 13.1. The molecule has 1 atom stereocenters. The van der Waals surface area contributed by atoms with Gasteiger partial charge in [-0.05, 0) is 36.6 Å². The van der Waals surface area contributed by atoms with Gasteiger partial charge in [-0.1, -0.05) is 19.1 Å². The molecule has 1 N–H and O–H groups in total. The lowest BCUT2D eigenvalue weighted by Crippen LogP contribution is -2.28. The molecule has 1 aromatic rings. The van der Waals surface area contributed by atoms with Gasteiger partial charge in [0.15, 0.2) is 0 Å². The molecule has 1 heterocycles. The lowest BCUT2D eigenvalue weighted by atomic mass is 10.0. The van der Waals surface area contributed by atoms with E-state index in [0.717, 1.165) is 19.4 Å². The summed E-state index contributed by atoms with van der Waals surface area (Å²) in [6.45, 7) is 3.57. The maximum Gasteiger partial charge on any atom is 0.257 e. The van der Waals surface area contributed by atoms with Gasteiger partial charge >= 0.3 is 0 Å². The average molecular weight is 254 g/mol. The van der Waals surface area contributed by atoms with Gasteiger partial charge in [-0.15, -0.1) is 0 Å². The molecule has 18 heavy (non-hydrogen) atoms. The van der Waals surface area contributed by atoms with Crippen LogP contribution >= 0.6 is 0 Å². The number of alkyl halides is 2. The van der Waals surface area contributed by atoms with Crippen LogP contribution in [-0.2, 0) is 6.42 Å². The number of benzene rings is 1. The predicted octanol–water partition coefficient (Wildman–Crippen LogP) is 2.98. The maximum absolute atomic E-state index is 13.1. The van der Waals surface area contributed by atoms with Crippen molar-refractivity contribution in [3.05, 3.63) is 29.3 Å². The molecule has 2 rings (SSSR count). The minimum Gasteiger partial charge on any atom is -0.374 e. The number of nitrogens with zero attached hydrogens (tertiary/aromatic N) is 1. The van der Waals surface area contributed by atoms with E-state index in [1.165, 1.54) is 11.3 Å². The summed E-state index contributed by atoms with van der Waals surface area (Å²) >= 11 is 0. The van der Waals surface area contributed by atoms with Crippen LogP contribution in [0.15, 0.2) is 18.2 Å². The third-order valence-electron chi connectivity index (χ3n) is 3.46. The second-order valence-corrected chi connectivity index (χ2v) is 4.83. The van der Waals surface area contributed by atoms with Crippen LogP contribution in [0, 0.1) is 0 Å².